The van der Waals surface area contributed by atoms with Gasteiger partial charge in [0.2, 0.25) is 0 Å². The molecule has 5 heteroatoms. The van der Waals surface area contributed by atoms with Crippen molar-refractivity contribution in [2.24, 2.45) is 5.92 Å². The second-order valence-corrected chi connectivity index (χ2v) is 7.26. The topological polar surface area (TPSA) is 55.4 Å². The molecule has 2 atom stereocenters. The summed E-state index contributed by atoms with van der Waals surface area (Å²) in [5.41, 5.74) is 1.18. The Balaban J connectivity index is 2.79. The van der Waals surface area contributed by atoms with E-state index in [4.69, 9.17) is 4.74 Å². The van der Waals surface area contributed by atoms with Crippen LogP contribution in [0.1, 0.15) is 32.8 Å². The van der Waals surface area contributed by atoms with Gasteiger partial charge in [0, 0.05) is 18.7 Å². The lowest BCUT2D eigenvalue weighted by Crippen LogP contribution is -2.46. The summed E-state index contributed by atoms with van der Waals surface area (Å²) < 4.78 is 4.91. The minimum atomic E-state index is -0.346. The molecule has 0 aromatic heterocycles. The Morgan fingerprint density at radius 3 is 2.39 bits per heavy atom. The van der Waals surface area contributed by atoms with Gasteiger partial charge in [0.05, 0.1) is 7.11 Å². The second-order valence-electron chi connectivity index (χ2n) is 6.06. The molecule has 0 saturated heterocycles. The Morgan fingerprint density at radius 1 is 1.22 bits per heavy atom. The zero-order valence-electron chi connectivity index (χ0n) is 14.4. The Labute approximate surface area is 143 Å². The quantitative estimate of drug-likeness (QED) is 0.702. The number of methoxy groups -OCH3 is 1. The van der Waals surface area contributed by atoms with Gasteiger partial charge >= 0.3 is 5.97 Å². The van der Waals surface area contributed by atoms with Crippen LogP contribution in [0.3, 0.4) is 0 Å². The Bertz CT molecular complexity index is 490. The van der Waals surface area contributed by atoms with Crippen LogP contribution in [0.25, 0.3) is 0 Å². The van der Waals surface area contributed by atoms with Gasteiger partial charge in [0.15, 0.2) is 5.12 Å². The first-order valence-electron chi connectivity index (χ1n) is 7.93. The molecule has 1 aromatic carbocycles. The number of hydrogen-bond acceptors (Lipinski definition) is 5. The maximum Gasteiger partial charge on any atom is 0.322 e. The predicted molar refractivity (Wildman–Crippen MR) is 95.5 cm³/mol. The van der Waals surface area contributed by atoms with E-state index in [-0.39, 0.29) is 23.2 Å². The van der Waals surface area contributed by atoms with Crippen LogP contribution >= 0.6 is 11.8 Å². The molecule has 0 spiro atoms. The summed E-state index contributed by atoms with van der Waals surface area (Å²) in [6.07, 6.45) is 1.48. The summed E-state index contributed by atoms with van der Waals surface area (Å²) in [5, 5.41) is 3.48. The van der Waals surface area contributed by atoms with Gasteiger partial charge in [-0.2, -0.15) is 0 Å². The zero-order chi connectivity index (χ0) is 17.2. The third-order valence-electron chi connectivity index (χ3n) is 3.44. The number of carbonyl (C=O) groups excluding carboxylic acids is 2. The fourth-order valence-corrected chi connectivity index (χ4v) is 3.06. The monoisotopic (exact) mass is 337 g/mol. The van der Waals surface area contributed by atoms with Crippen molar-refractivity contribution in [1.82, 2.24) is 5.32 Å². The number of ether oxygens (including phenoxy) is 1. The van der Waals surface area contributed by atoms with Crippen LogP contribution in [0.5, 0.6) is 0 Å². The summed E-state index contributed by atoms with van der Waals surface area (Å²) in [6.45, 7) is 5.72. The third-order valence-corrected chi connectivity index (χ3v) is 4.42. The normalized spacial score (nSPS) is 13.6. The highest BCUT2D eigenvalue weighted by molar-refractivity contribution is 8.13. The molecule has 1 rings (SSSR count). The van der Waals surface area contributed by atoms with E-state index in [0.717, 1.165) is 6.42 Å². The molecule has 0 aliphatic rings. The fourth-order valence-electron chi connectivity index (χ4n) is 2.41. The molecule has 1 aromatic rings. The molecular weight excluding hydrogens is 310 g/mol. The van der Waals surface area contributed by atoms with Gasteiger partial charge in [0.1, 0.15) is 6.04 Å². The van der Waals surface area contributed by atoms with Crippen molar-refractivity contribution in [3.63, 3.8) is 0 Å². The van der Waals surface area contributed by atoms with Gasteiger partial charge in [-0.05, 0) is 24.3 Å². The number of benzene rings is 1. The standard InChI is InChI=1S/C18H27NO3S/c1-13(2)10-17(18(21)22-4)19-16(12-23-14(3)20)11-15-8-6-5-7-9-15/h5-9,13,16-17,19H,10-12H2,1-4H3/t16-,17+/m1/s1. The summed E-state index contributed by atoms with van der Waals surface area (Å²) in [4.78, 5) is 23.3. The molecule has 4 nitrogen and oxygen atoms in total. The lowest BCUT2D eigenvalue weighted by atomic mass is 10.0. The molecule has 128 valence electrons. The van der Waals surface area contributed by atoms with Crippen LogP contribution in [0.4, 0.5) is 0 Å². The van der Waals surface area contributed by atoms with Crippen molar-refractivity contribution < 1.29 is 14.3 Å². The largest absolute Gasteiger partial charge is 0.468 e. The van der Waals surface area contributed by atoms with Crippen LogP contribution in [-0.4, -0.2) is 36.0 Å². The summed E-state index contributed by atoms with van der Waals surface area (Å²) in [7, 11) is 1.41. The smallest absolute Gasteiger partial charge is 0.322 e. The summed E-state index contributed by atoms with van der Waals surface area (Å²) >= 11 is 1.29. The molecule has 23 heavy (non-hydrogen) atoms. The van der Waals surface area contributed by atoms with Crippen molar-refractivity contribution in [2.45, 2.75) is 45.7 Å². The molecule has 0 heterocycles. The Morgan fingerprint density at radius 2 is 1.87 bits per heavy atom. The number of esters is 1. The van der Waals surface area contributed by atoms with Gasteiger partial charge in [-0.3, -0.25) is 9.59 Å². The van der Waals surface area contributed by atoms with Gasteiger partial charge < -0.3 is 10.1 Å². The first-order chi connectivity index (χ1) is 10.9. The number of thioether (sulfide) groups is 1. The van der Waals surface area contributed by atoms with Crippen LogP contribution in [0.15, 0.2) is 30.3 Å². The average Bonchev–Trinajstić information content (AvgIpc) is 2.51. The highest BCUT2D eigenvalue weighted by Gasteiger charge is 2.24. The van der Waals surface area contributed by atoms with E-state index < -0.39 is 0 Å². The molecule has 0 unspecified atom stereocenters. The molecule has 0 fully saturated rings. The van der Waals surface area contributed by atoms with E-state index in [1.165, 1.54) is 24.4 Å². The SMILES string of the molecule is COC(=O)[C@H](CC(C)C)N[C@@H](CSC(C)=O)Cc1ccccc1. The number of rotatable bonds is 9. The van der Waals surface area contributed by atoms with Gasteiger partial charge in [-0.1, -0.05) is 55.9 Å². The van der Waals surface area contributed by atoms with Gasteiger partial charge in [0.25, 0.3) is 0 Å². The van der Waals surface area contributed by atoms with E-state index in [0.29, 0.717) is 18.1 Å². The number of hydrogen-bond donors (Lipinski definition) is 1. The molecule has 0 aliphatic heterocycles. The van der Waals surface area contributed by atoms with E-state index in [1.54, 1.807) is 6.92 Å². The first kappa shape index (κ1) is 19.7. The van der Waals surface area contributed by atoms with Gasteiger partial charge in [-0.25, -0.2) is 0 Å². The lowest BCUT2D eigenvalue weighted by molar-refractivity contribution is -0.143. The van der Waals surface area contributed by atoms with Crippen molar-refractivity contribution in [3.05, 3.63) is 35.9 Å². The third kappa shape index (κ3) is 8.18. The van der Waals surface area contributed by atoms with E-state index in [1.807, 2.05) is 18.2 Å². The predicted octanol–water partition coefficient (Wildman–Crippen LogP) is 3.05. The maximum absolute atomic E-state index is 12.0. The first-order valence-corrected chi connectivity index (χ1v) is 8.92. The van der Waals surface area contributed by atoms with Crippen LogP contribution in [0, 0.1) is 5.92 Å². The van der Waals surface area contributed by atoms with Crippen LogP contribution < -0.4 is 5.32 Å². The van der Waals surface area contributed by atoms with Gasteiger partial charge in [-0.15, -0.1) is 0 Å². The maximum atomic E-state index is 12.0. The highest BCUT2D eigenvalue weighted by Crippen LogP contribution is 2.13. The highest BCUT2D eigenvalue weighted by atomic mass is 32.2. The number of carbonyl (C=O) groups is 2. The molecule has 0 radical (unpaired) electrons. The van der Waals surface area contributed by atoms with Crippen molar-refractivity contribution in [1.29, 1.82) is 0 Å². The van der Waals surface area contributed by atoms with E-state index in [9.17, 15) is 9.59 Å². The molecule has 0 aliphatic carbocycles. The number of nitrogens with one attached hydrogen (secondary N) is 1. The fraction of sp³-hybridized carbons (Fsp3) is 0.556. The Hall–Kier alpha value is -1.33. The zero-order valence-corrected chi connectivity index (χ0v) is 15.2. The molecule has 0 saturated carbocycles. The minimum absolute atomic E-state index is 0.0362. The Kier molecular flexibility index (Phi) is 8.95. The molecule has 0 amide bonds. The average molecular weight is 337 g/mol. The summed E-state index contributed by atoms with van der Waals surface area (Å²) in [6, 6.07) is 9.78. The molecule has 1 N–H and O–H groups in total. The van der Waals surface area contributed by atoms with Crippen molar-refractivity contribution in [3.8, 4) is 0 Å². The van der Waals surface area contributed by atoms with E-state index >= 15 is 0 Å². The van der Waals surface area contributed by atoms with E-state index in [2.05, 4.69) is 31.3 Å². The van der Waals surface area contributed by atoms with Crippen molar-refractivity contribution >= 4 is 22.8 Å². The second kappa shape index (κ2) is 10.4. The minimum Gasteiger partial charge on any atom is -0.468 e. The van der Waals surface area contributed by atoms with Crippen LogP contribution in [-0.2, 0) is 20.7 Å². The molecular formula is C18H27NO3S. The lowest BCUT2D eigenvalue weighted by Gasteiger charge is -2.25. The summed E-state index contributed by atoms with van der Waals surface area (Å²) in [5.74, 6) is 0.768. The molecule has 0 bridgehead atoms. The van der Waals surface area contributed by atoms with Crippen LogP contribution in [0.2, 0.25) is 0 Å². The van der Waals surface area contributed by atoms with Crippen molar-refractivity contribution in [2.75, 3.05) is 12.9 Å².